The molecule has 1 nitrogen and oxygen atoms in total. The molecule has 0 saturated heterocycles. The highest BCUT2D eigenvalue weighted by Crippen LogP contribution is 2.44. The number of hydrogen-bond acceptors (Lipinski definition) is 1. The molecule has 1 atom stereocenters. The van der Waals surface area contributed by atoms with Crippen LogP contribution in [0.4, 0.5) is 5.69 Å². The van der Waals surface area contributed by atoms with Crippen LogP contribution in [0.2, 0.25) is 5.04 Å². The van der Waals surface area contributed by atoms with Crippen molar-refractivity contribution in [2.24, 2.45) is 0 Å². The molecule has 212 valence electrons. The van der Waals surface area contributed by atoms with Gasteiger partial charge in [0.05, 0.1) is 0 Å². The summed E-state index contributed by atoms with van der Waals surface area (Å²) in [7, 11) is -2.61. The predicted octanol–water partition coefficient (Wildman–Crippen LogP) is 9.68. The SMILES string of the molecule is C=CC/C(=C(/CCCCC)C(Nc1ccccc1)[Si](c1ccccc1)(c1ccccc1)C(C)(C)C)c1ccccc1. The number of rotatable bonds is 13. The Balaban J connectivity index is 2.15. The Morgan fingerprint density at radius 3 is 1.68 bits per heavy atom. The fourth-order valence-electron chi connectivity index (χ4n) is 6.61. The van der Waals surface area contributed by atoms with E-state index in [0.717, 1.165) is 12.8 Å². The average molecular weight is 558 g/mol. The number of nitrogens with one attached hydrogen (secondary N) is 1. The van der Waals surface area contributed by atoms with Gasteiger partial charge < -0.3 is 5.32 Å². The molecule has 4 rings (SSSR count). The lowest BCUT2D eigenvalue weighted by Gasteiger charge is -2.51. The lowest BCUT2D eigenvalue weighted by Crippen LogP contribution is -2.74. The zero-order chi connectivity index (χ0) is 29.1. The highest BCUT2D eigenvalue weighted by molar-refractivity contribution is 7.06. The third kappa shape index (κ3) is 6.82. The molecule has 0 aliphatic heterocycles. The Bertz CT molecular complexity index is 1330. The first-order valence-corrected chi connectivity index (χ1v) is 17.3. The molecule has 4 aromatic rings. The zero-order valence-electron chi connectivity index (χ0n) is 25.4. The van der Waals surface area contributed by atoms with Crippen molar-refractivity contribution >= 4 is 29.7 Å². The average Bonchev–Trinajstić information content (AvgIpc) is 3.00. The van der Waals surface area contributed by atoms with Crippen molar-refractivity contribution in [1.82, 2.24) is 0 Å². The molecule has 41 heavy (non-hydrogen) atoms. The van der Waals surface area contributed by atoms with Crippen LogP contribution in [0.5, 0.6) is 0 Å². The third-order valence-electron chi connectivity index (χ3n) is 8.42. The first kappa shape index (κ1) is 30.3. The topological polar surface area (TPSA) is 12.0 Å². The van der Waals surface area contributed by atoms with E-state index in [1.165, 1.54) is 52.0 Å². The summed E-state index contributed by atoms with van der Waals surface area (Å²) in [5, 5.41) is 7.15. The lowest BCUT2D eigenvalue weighted by molar-refractivity contribution is 0.683. The molecule has 0 amide bonds. The molecule has 2 heteroatoms. The van der Waals surface area contributed by atoms with Gasteiger partial charge in [-0.3, -0.25) is 0 Å². The highest BCUT2D eigenvalue weighted by atomic mass is 28.3. The maximum Gasteiger partial charge on any atom is 0.150 e. The van der Waals surface area contributed by atoms with Crippen molar-refractivity contribution in [3.05, 3.63) is 145 Å². The second-order valence-electron chi connectivity index (χ2n) is 12.1. The van der Waals surface area contributed by atoms with E-state index in [1.807, 2.05) is 0 Å². The van der Waals surface area contributed by atoms with Crippen LogP contribution < -0.4 is 15.7 Å². The lowest BCUT2D eigenvalue weighted by atomic mass is 9.93. The van der Waals surface area contributed by atoms with Gasteiger partial charge in [-0.05, 0) is 53.1 Å². The van der Waals surface area contributed by atoms with Crippen LogP contribution in [0.15, 0.2) is 140 Å². The van der Waals surface area contributed by atoms with E-state index in [9.17, 15) is 0 Å². The molecular weight excluding hydrogens is 511 g/mol. The molecule has 1 unspecified atom stereocenters. The standard InChI is InChI=1S/C39H47NSi/c1-6-8-13-31-37(36(22-7-2)32-23-14-9-15-24-32)38(40-33-25-16-10-17-26-33)41(39(3,4)5,34-27-18-11-19-28-34)35-29-20-12-21-30-35/h7,9-12,14-21,23-30,38,40H,2,6,8,13,22,31H2,1,3-5H3/b37-36+. The molecule has 0 heterocycles. The van der Waals surface area contributed by atoms with Crippen LogP contribution in [-0.2, 0) is 0 Å². The van der Waals surface area contributed by atoms with Gasteiger partial charge in [0, 0.05) is 11.4 Å². The monoisotopic (exact) mass is 557 g/mol. The van der Waals surface area contributed by atoms with E-state index < -0.39 is 8.07 Å². The second kappa shape index (κ2) is 14.3. The van der Waals surface area contributed by atoms with Gasteiger partial charge in [0.15, 0.2) is 8.07 Å². The van der Waals surface area contributed by atoms with Crippen molar-refractivity contribution < 1.29 is 0 Å². The number of para-hydroxylation sites is 1. The largest absolute Gasteiger partial charge is 0.380 e. The van der Waals surface area contributed by atoms with Gasteiger partial charge in [0.25, 0.3) is 0 Å². The van der Waals surface area contributed by atoms with Crippen LogP contribution in [0.3, 0.4) is 0 Å². The Morgan fingerprint density at radius 2 is 1.22 bits per heavy atom. The van der Waals surface area contributed by atoms with Crippen molar-refractivity contribution in [2.45, 2.75) is 70.5 Å². The van der Waals surface area contributed by atoms with Gasteiger partial charge in [0.2, 0.25) is 0 Å². The van der Waals surface area contributed by atoms with E-state index in [1.54, 1.807) is 0 Å². The first-order valence-electron chi connectivity index (χ1n) is 15.2. The maximum absolute atomic E-state index is 4.23. The van der Waals surface area contributed by atoms with E-state index >= 15 is 0 Å². The molecule has 0 aliphatic carbocycles. The zero-order valence-corrected chi connectivity index (χ0v) is 26.4. The molecule has 0 bridgehead atoms. The van der Waals surface area contributed by atoms with Gasteiger partial charge in [-0.25, -0.2) is 0 Å². The summed E-state index contributed by atoms with van der Waals surface area (Å²) >= 11 is 0. The van der Waals surface area contributed by atoms with Crippen LogP contribution in [-0.4, -0.2) is 13.7 Å². The van der Waals surface area contributed by atoms with Gasteiger partial charge in [-0.2, -0.15) is 0 Å². The van der Waals surface area contributed by atoms with Crippen molar-refractivity contribution in [3.8, 4) is 0 Å². The van der Waals surface area contributed by atoms with E-state index in [2.05, 4.69) is 167 Å². The van der Waals surface area contributed by atoms with Crippen molar-refractivity contribution in [3.63, 3.8) is 0 Å². The Kier molecular flexibility index (Phi) is 10.6. The normalized spacial score (nSPS) is 13.3. The summed E-state index contributed by atoms with van der Waals surface area (Å²) in [6.45, 7) is 13.9. The van der Waals surface area contributed by atoms with Crippen LogP contribution in [0, 0.1) is 0 Å². The molecule has 0 spiro atoms. The van der Waals surface area contributed by atoms with Crippen LogP contribution >= 0.6 is 0 Å². The quantitative estimate of drug-likeness (QED) is 0.0980. The minimum atomic E-state index is -2.61. The summed E-state index contributed by atoms with van der Waals surface area (Å²) in [4.78, 5) is 0. The maximum atomic E-state index is 4.23. The predicted molar refractivity (Wildman–Crippen MR) is 184 cm³/mol. The molecule has 0 fully saturated rings. The van der Waals surface area contributed by atoms with Crippen LogP contribution in [0.25, 0.3) is 5.57 Å². The first-order chi connectivity index (χ1) is 19.9. The third-order valence-corrected chi connectivity index (χ3v) is 14.6. The molecular formula is C39H47NSi. The fourth-order valence-corrected chi connectivity index (χ4v) is 12.9. The smallest absolute Gasteiger partial charge is 0.150 e. The number of allylic oxidation sites excluding steroid dienone is 2. The number of hydrogen-bond donors (Lipinski definition) is 1. The van der Waals surface area contributed by atoms with Crippen molar-refractivity contribution in [2.75, 3.05) is 5.32 Å². The van der Waals surface area contributed by atoms with E-state index in [4.69, 9.17) is 0 Å². The summed E-state index contributed by atoms with van der Waals surface area (Å²) < 4.78 is 0. The second-order valence-corrected chi connectivity index (χ2v) is 16.9. The van der Waals surface area contributed by atoms with Crippen LogP contribution in [0.1, 0.15) is 65.4 Å². The number of benzene rings is 4. The summed E-state index contributed by atoms with van der Waals surface area (Å²) in [5.74, 6) is 0. The molecule has 4 aromatic carbocycles. The molecule has 0 aromatic heterocycles. The Labute approximate surface area is 250 Å². The van der Waals surface area contributed by atoms with Gasteiger partial charge in [0.1, 0.15) is 0 Å². The fraction of sp³-hybridized carbons (Fsp3) is 0.282. The molecule has 0 aliphatic rings. The summed E-state index contributed by atoms with van der Waals surface area (Å²) in [6, 6.07) is 44.7. The number of unbranched alkanes of at least 4 members (excludes halogenated alkanes) is 2. The number of anilines is 1. The van der Waals surface area contributed by atoms with E-state index in [-0.39, 0.29) is 10.7 Å². The highest BCUT2D eigenvalue weighted by Gasteiger charge is 2.54. The van der Waals surface area contributed by atoms with Crippen molar-refractivity contribution in [1.29, 1.82) is 0 Å². The molecule has 0 radical (unpaired) electrons. The van der Waals surface area contributed by atoms with Gasteiger partial charge >= 0.3 is 0 Å². The summed E-state index contributed by atoms with van der Waals surface area (Å²) in [5.41, 5.74) is 5.55. The Hall–Kier alpha value is -3.62. The molecule has 1 N–H and O–H groups in total. The minimum Gasteiger partial charge on any atom is -0.380 e. The van der Waals surface area contributed by atoms with E-state index in [0.29, 0.717) is 0 Å². The van der Waals surface area contributed by atoms with Gasteiger partial charge in [-0.1, -0.05) is 166 Å². The van der Waals surface area contributed by atoms with Gasteiger partial charge in [-0.15, -0.1) is 6.58 Å². The summed E-state index contributed by atoms with van der Waals surface area (Å²) in [6.07, 6.45) is 7.58. The Morgan fingerprint density at radius 1 is 0.732 bits per heavy atom. The molecule has 0 saturated carbocycles. The minimum absolute atomic E-state index is 0.00582.